The zero-order chi connectivity index (χ0) is 16.4. The number of hydrogen-bond acceptors (Lipinski definition) is 3. The molecule has 1 aliphatic heterocycles. The number of esters is 1. The minimum atomic E-state index is -0.427. The van der Waals surface area contributed by atoms with Gasteiger partial charge in [-0.15, -0.1) is 0 Å². The van der Waals surface area contributed by atoms with E-state index in [9.17, 15) is 9.59 Å². The third-order valence-corrected chi connectivity index (χ3v) is 4.22. The van der Waals surface area contributed by atoms with E-state index in [2.05, 4.69) is 0 Å². The van der Waals surface area contributed by atoms with E-state index in [1.165, 1.54) is 0 Å². The molecule has 1 heterocycles. The molecule has 3 rings (SSSR count). The van der Waals surface area contributed by atoms with E-state index < -0.39 is 5.92 Å². The zero-order valence-corrected chi connectivity index (χ0v) is 13.3. The van der Waals surface area contributed by atoms with Crippen LogP contribution in [-0.2, 0) is 9.59 Å². The number of aryl methyl sites for hydroxylation is 2. The Hall–Kier alpha value is -2.62. The largest absolute Gasteiger partial charge is 0.426 e. The van der Waals surface area contributed by atoms with Gasteiger partial charge in [-0.25, -0.2) is 0 Å². The number of para-hydroxylation sites is 1. The van der Waals surface area contributed by atoms with E-state index in [-0.39, 0.29) is 18.3 Å². The van der Waals surface area contributed by atoms with Crippen LogP contribution in [0.5, 0.6) is 5.75 Å². The molecule has 0 radical (unpaired) electrons. The van der Waals surface area contributed by atoms with Crippen LogP contribution in [-0.4, -0.2) is 18.4 Å². The number of rotatable bonds is 3. The van der Waals surface area contributed by atoms with Crippen molar-refractivity contribution in [3.8, 4) is 5.75 Å². The van der Waals surface area contributed by atoms with Gasteiger partial charge in [-0.05, 0) is 49.2 Å². The highest BCUT2D eigenvalue weighted by Gasteiger charge is 2.36. The molecule has 1 aliphatic rings. The molecule has 0 N–H and O–H groups in total. The summed E-state index contributed by atoms with van der Waals surface area (Å²) in [5, 5.41) is 0. The van der Waals surface area contributed by atoms with Crippen LogP contribution in [0.3, 0.4) is 0 Å². The molecular formula is C19H19NO3. The van der Waals surface area contributed by atoms with Gasteiger partial charge < -0.3 is 9.64 Å². The Morgan fingerprint density at radius 2 is 1.83 bits per heavy atom. The van der Waals surface area contributed by atoms with E-state index >= 15 is 0 Å². The lowest BCUT2D eigenvalue weighted by Gasteiger charge is -2.16. The third-order valence-electron chi connectivity index (χ3n) is 4.22. The van der Waals surface area contributed by atoms with Gasteiger partial charge in [0, 0.05) is 18.7 Å². The Bertz CT molecular complexity index is 740. The quantitative estimate of drug-likeness (QED) is 0.646. The summed E-state index contributed by atoms with van der Waals surface area (Å²) in [6, 6.07) is 14.9. The molecule has 4 heteroatoms. The summed E-state index contributed by atoms with van der Waals surface area (Å²) in [7, 11) is 0. The predicted octanol–water partition coefficient (Wildman–Crippen LogP) is 3.26. The Kier molecular flexibility index (Phi) is 4.15. The van der Waals surface area contributed by atoms with Gasteiger partial charge in [0.05, 0.1) is 5.92 Å². The first-order valence-electron chi connectivity index (χ1n) is 7.69. The second kappa shape index (κ2) is 6.24. The summed E-state index contributed by atoms with van der Waals surface area (Å²) in [6.07, 6.45) is 0.193. The lowest BCUT2D eigenvalue weighted by molar-refractivity contribution is -0.139. The van der Waals surface area contributed by atoms with Crippen molar-refractivity contribution in [2.45, 2.75) is 20.3 Å². The van der Waals surface area contributed by atoms with Gasteiger partial charge in [0.25, 0.3) is 0 Å². The Balaban J connectivity index is 1.69. The molecule has 2 aromatic carbocycles. The summed E-state index contributed by atoms with van der Waals surface area (Å²) in [6.45, 7) is 4.35. The van der Waals surface area contributed by atoms with Crippen LogP contribution in [0.25, 0.3) is 0 Å². The average Bonchev–Trinajstić information content (AvgIpc) is 2.94. The fraction of sp³-hybridized carbons (Fsp3) is 0.263. The van der Waals surface area contributed by atoms with Crippen LogP contribution >= 0.6 is 0 Å². The van der Waals surface area contributed by atoms with Crippen molar-refractivity contribution in [3.63, 3.8) is 0 Å². The van der Waals surface area contributed by atoms with Crippen LogP contribution < -0.4 is 9.64 Å². The molecule has 23 heavy (non-hydrogen) atoms. The van der Waals surface area contributed by atoms with Crippen molar-refractivity contribution in [3.05, 3.63) is 59.7 Å². The Labute approximate surface area is 135 Å². The van der Waals surface area contributed by atoms with Gasteiger partial charge in [-0.2, -0.15) is 0 Å². The summed E-state index contributed by atoms with van der Waals surface area (Å²) < 4.78 is 5.45. The Morgan fingerprint density at radius 3 is 2.52 bits per heavy atom. The average molecular weight is 309 g/mol. The number of carbonyl (C=O) groups is 2. The molecule has 0 saturated carbocycles. The highest BCUT2D eigenvalue weighted by molar-refractivity contribution is 5.99. The van der Waals surface area contributed by atoms with Crippen molar-refractivity contribution in [2.24, 2.45) is 5.92 Å². The molecule has 2 aromatic rings. The molecule has 0 unspecified atom stereocenters. The fourth-order valence-corrected chi connectivity index (χ4v) is 2.70. The lowest BCUT2D eigenvalue weighted by Crippen LogP contribution is -2.27. The Morgan fingerprint density at radius 1 is 1.09 bits per heavy atom. The molecular weight excluding hydrogens is 290 g/mol. The van der Waals surface area contributed by atoms with Crippen LogP contribution in [0.2, 0.25) is 0 Å². The number of hydrogen-bond donors (Lipinski definition) is 0. The molecule has 0 aromatic heterocycles. The number of ether oxygens (including phenoxy) is 1. The summed E-state index contributed by atoms with van der Waals surface area (Å²) in [5.74, 6) is -0.286. The van der Waals surface area contributed by atoms with Gasteiger partial charge in [0.1, 0.15) is 5.75 Å². The molecule has 1 fully saturated rings. The standard InChI is InChI=1S/C19H19NO3/c1-13-8-9-17(10-14(13)2)23-19(22)15-11-18(21)20(12-15)16-6-4-3-5-7-16/h3-10,15H,11-12H2,1-2H3/t15-/m0/s1. The van der Waals surface area contributed by atoms with Gasteiger partial charge in [-0.3, -0.25) is 9.59 Å². The SMILES string of the molecule is Cc1ccc(OC(=O)[C@H]2CC(=O)N(c3ccccc3)C2)cc1C. The number of anilines is 1. The molecule has 0 aliphatic carbocycles. The summed E-state index contributed by atoms with van der Waals surface area (Å²) in [4.78, 5) is 26.1. The molecule has 1 amide bonds. The van der Waals surface area contributed by atoms with E-state index in [0.29, 0.717) is 12.3 Å². The summed E-state index contributed by atoms with van der Waals surface area (Å²) >= 11 is 0. The molecule has 1 saturated heterocycles. The van der Waals surface area contributed by atoms with Crippen molar-refractivity contribution in [1.82, 2.24) is 0 Å². The van der Waals surface area contributed by atoms with E-state index in [0.717, 1.165) is 16.8 Å². The lowest BCUT2D eigenvalue weighted by atomic mass is 10.1. The number of benzene rings is 2. The molecule has 118 valence electrons. The van der Waals surface area contributed by atoms with Crippen molar-refractivity contribution in [1.29, 1.82) is 0 Å². The molecule has 1 atom stereocenters. The molecule has 0 bridgehead atoms. The van der Waals surface area contributed by atoms with Gasteiger partial charge >= 0.3 is 5.97 Å². The third kappa shape index (κ3) is 3.26. The molecule has 4 nitrogen and oxygen atoms in total. The smallest absolute Gasteiger partial charge is 0.316 e. The highest BCUT2D eigenvalue weighted by Crippen LogP contribution is 2.26. The first-order chi connectivity index (χ1) is 11.0. The maximum Gasteiger partial charge on any atom is 0.316 e. The van der Waals surface area contributed by atoms with Crippen LogP contribution in [0, 0.1) is 19.8 Å². The minimum Gasteiger partial charge on any atom is -0.426 e. The number of amides is 1. The maximum absolute atomic E-state index is 12.3. The van der Waals surface area contributed by atoms with E-state index in [1.54, 1.807) is 11.0 Å². The van der Waals surface area contributed by atoms with Crippen LogP contribution in [0.15, 0.2) is 48.5 Å². The first kappa shape index (κ1) is 15.3. The normalized spacial score (nSPS) is 17.4. The fourth-order valence-electron chi connectivity index (χ4n) is 2.70. The van der Waals surface area contributed by atoms with Crippen LogP contribution in [0.4, 0.5) is 5.69 Å². The second-order valence-electron chi connectivity index (χ2n) is 5.91. The van der Waals surface area contributed by atoms with Gasteiger partial charge in [-0.1, -0.05) is 24.3 Å². The second-order valence-corrected chi connectivity index (χ2v) is 5.91. The number of nitrogens with zero attached hydrogens (tertiary/aromatic N) is 1. The first-order valence-corrected chi connectivity index (χ1v) is 7.69. The topological polar surface area (TPSA) is 46.6 Å². The van der Waals surface area contributed by atoms with Crippen molar-refractivity contribution < 1.29 is 14.3 Å². The summed E-state index contributed by atoms with van der Waals surface area (Å²) in [5.41, 5.74) is 3.04. The number of carbonyl (C=O) groups excluding carboxylic acids is 2. The van der Waals surface area contributed by atoms with Gasteiger partial charge in [0.2, 0.25) is 5.91 Å². The van der Waals surface area contributed by atoms with E-state index in [4.69, 9.17) is 4.74 Å². The molecule has 0 spiro atoms. The highest BCUT2D eigenvalue weighted by atomic mass is 16.5. The predicted molar refractivity (Wildman–Crippen MR) is 88.5 cm³/mol. The van der Waals surface area contributed by atoms with Crippen molar-refractivity contribution >= 4 is 17.6 Å². The monoisotopic (exact) mass is 309 g/mol. The maximum atomic E-state index is 12.3. The van der Waals surface area contributed by atoms with Gasteiger partial charge in [0.15, 0.2) is 0 Å². The zero-order valence-electron chi connectivity index (χ0n) is 13.3. The van der Waals surface area contributed by atoms with Crippen LogP contribution in [0.1, 0.15) is 17.5 Å². The van der Waals surface area contributed by atoms with Crippen molar-refractivity contribution in [2.75, 3.05) is 11.4 Å². The minimum absolute atomic E-state index is 0.0433. The van der Waals surface area contributed by atoms with E-state index in [1.807, 2.05) is 56.3 Å².